The Balaban J connectivity index is 1.82. The third kappa shape index (κ3) is 5.07. The van der Waals surface area contributed by atoms with Gasteiger partial charge in [0.05, 0.1) is 31.9 Å². The molecule has 1 aliphatic heterocycles. The molecule has 2 atom stereocenters. The average Bonchev–Trinajstić information content (AvgIpc) is 2.47. The number of carbonyl (C=O) groups excluding carboxylic acids is 1. The normalized spacial score (nSPS) is 21.0. The van der Waals surface area contributed by atoms with Crippen molar-refractivity contribution >= 4 is 21.8 Å². The fraction of sp³-hybridized carbons (Fsp3) is 0.533. The molecular formula is C15H21BrN2O3. The average molecular weight is 357 g/mol. The molecule has 2 unspecified atom stereocenters. The fourth-order valence-electron chi connectivity index (χ4n) is 2.36. The summed E-state index contributed by atoms with van der Waals surface area (Å²) in [7, 11) is 0. The van der Waals surface area contributed by atoms with Crippen LogP contribution in [0.5, 0.6) is 0 Å². The van der Waals surface area contributed by atoms with Crippen LogP contribution in [0.25, 0.3) is 0 Å². The number of hydrogen-bond acceptors (Lipinski definition) is 4. The molecule has 0 saturated carbocycles. The number of carbonyl (C=O) groups is 1. The summed E-state index contributed by atoms with van der Waals surface area (Å²) < 4.78 is 6.39. The second-order valence-electron chi connectivity index (χ2n) is 5.25. The summed E-state index contributed by atoms with van der Waals surface area (Å²) in [5.74, 6) is -0.0102. The maximum absolute atomic E-state index is 12.1. The number of rotatable bonds is 5. The van der Waals surface area contributed by atoms with E-state index in [1.54, 1.807) is 0 Å². The first-order valence-corrected chi connectivity index (χ1v) is 7.87. The van der Waals surface area contributed by atoms with Gasteiger partial charge in [0.2, 0.25) is 5.91 Å². The molecule has 1 amide bonds. The number of aliphatic hydroxyl groups excluding tert-OH is 1. The Kier molecular flexibility index (Phi) is 6.17. The van der Waals surface area contributed by atoms with Crippen molar-refractivity contribution in [3.8, 4) is 0 Å². The van der Waals surface area contributed by atoms with Crippen molar-refractivity contribution in [3.05, 3.63) is 34.3 Å². The molecule has 2 N–H and O–H groups in total. The van der Waals surface area contributed by atoms with E-state index in [0.29, 0.717) is 19.7 Å². The first kappa shape index (κ1) is 16.4. The predicted molar refractivity (Wildman–Crippen MR) is 84.0 cm³/mol. The maximum atomic E-state index is 12.1. The highest BCUT2D eigenvalue weighted by Gasteiger charge is 2.22. The zero-order valence-corrected chi connectivity index (χ0v) is 13.7. The lowest BCUT2D eigenvalue weighted by atomic mass is 10.1. The first-order chi connectivity index (χ1) is 10.1. The molecule has 0 aliphatic carbocycles. The van der Waals surface area contributed by atoms with Crippen molar-refractivity contribution in [2.75, 3.05) is 32.8 Å². The van der Waals surface area contributed by atoms with Gasteiger partial charge in [-0.1, -0.05) is 28.1 Å². The third-order valence-electron chi connectivity index (χ3n) is 3.54. The summed E-state index contributed by atoms with van der Waals surface area (Å²) in [6.45, 7) is 4.17. The maximum Gasteiger partial charge on any atom is 0.234 e. The number of benzene rings is 1. The molecule has 116 valence electrons. The number of hydrogen-bond donors (Lipinski definition) is 2. The number of aliphatic hydroxyl groups is 1. The lowest BCUT2D eigenvalue weighted by Gasteiger charge is -2.31. The summed E-state index contributed by atoms with van der Waals surface area (Å²) in [5.41, 5.74) is 1.07. The predicted octanol–water partition coefficient (Wildman–Crippen LogP) is 1.32. The lowest BCUT2D eigenvalue weighted by Crippen LogP contribution is -2.48. The van der Waals surface area contributed by atoms with E-state index in [4.69, 9.17) is 9.84 Å². The summed E-state index contributed by atoms with van der Waals surface area (Å²) >= 11 is 3.40. The molecule has 1 aliphatic rings. The topological polar surface area (TPSA) is 61.8 Å². The molecule has 0 bridgehead atoms. The van der Waals surface area contributed by atoms with E-state index in [-0.39, 0.29) is 24.7 Å². The molecule has 0 aromatic heterocycles. The largest absolute Gasteiger partial charge is 0.394 e. The van der Waals surface area contributed by atoms with Crippen molar-refractivity contribution in [1.29, 1.82) is 0 Å². The SMILES string of the molecule is CC(NC(=O)CN1CCOC(CO)C1)c1ccc(Br)cc1. The van der Waals surface area contributed by atoms with E-state index < -0.39 is 0 Å². The fourth-order valence-corrected chi connectivity index (χ4v) is 2.62. The molecule has 0 radical (unpaired) electrons. The van der Waals surface area contributed by atoms with Gasteiger partial charge in [0.1, 0.15) is 0 Å². The van der Waals surface area contributed by atoms with Gasteiger partial charge < -0.3 is 15.2 Å². The highest BCUT2D eigenvalue weighted by molar-refractivity contribution is 9.10. The third-order valence-corrected chi connectivity index (χ3v) is 4.07. The van der Waals surface area contributed by atoms with Gasteiger partial charge >= 0.3 is 0 Å². The van der Waals surface area contributed by atoms with Crippen molar-refractivity contribution in [1.82, 2.24) is 10.2 Å². The van der Waals surface area contributed by atoms with E-state index in [9.17, 15) is 4.79 Å². The highest BCUT2D eigenvalue weighted by atomic mass is 79.9. The Hall–Kier alpha value is -0.950. The Morgan fingerprint density at radius 1 is 1.52 bits per heavy atom. The van der Waals surface area contributed by atoms with Crippen LogP contribution in [0.4, 0.5) is 0 Å². The van der Waals surface area contributed by atoms with E-state index >= 15 is 0 Å². The monoisotopic (exact) mass is 356 g/mol. The van der Waals surface area contributed by atoms with Crippen LogP contribution in [0.15, 0.2) is 28.7 Å². The van der Waals surface area contributed by atoms with Crippen LogP contribution in [-0.4, -0.2) is 54.9 Å². The summed E-state index contributed by atoms with van der Waals surface area (Å²) in [4.78, 5) is 14.1. The summed E-state index contributed by atoms with van der Waals surface area (Å²) in [6.07, 6.45) is -0.185. The summed E-state index contributed by atoms with van der Waals surface area (Å²) in [6, 6.07) is 7.88. The number of nitrogens with one attached hydrogen (secondary N) is 1. The van der Waals surface area contributed by atoms with Crippen LogP contribution >= 0.6 is 15.9 Å². The van der Waals surface area contributed by atoms with Gasteiger partial charge in [-0.15, -0.1) is 0 Å². The highest BCUT2D eigenvalue weighted by Crippen LogP contribution is 2.16. The molecule has 0 spiro atoms. The van der Waals surface area contributed by atoms with Gasteiger partial charge in [-0.25, -0.2) is 0 Å². The molecule has 6 heteroatoms. The van der Waals surface area contributed by atoms with E-state index in [1.807, 2.05) is 36.1 Å². The number of halogens is 1. The van der Waals surface area contributed by atoms with Gasteiger partial charge in [-0.2, -0.15) is 0 Å². The molecule has 2 rings (SSSR count). The first-order valence-electron chi connectivity index (χ1n) is 7.08. The van der Waals surface area contributed by atoms with Gasteiger partial charge in [-0.05, 0) is 24.6 Å². The second-order valence-corrected chi connectivity index (χ2v) is 6.17. The van der Waals surface area contributed by atoms with Gasteiger partial charge in [0.15, 0.2) is 0 Å². The van der Waals surface area contributed by atoms with Crippen LogP contribution in [-0.2, 0) is 9.53 Å². The molecular weight excluding hydrogens is 336 g/mol. The zero-order valence-electron chi connectivity index (χ0n) is 12.1. The van der Waals surface area contributed by atoms with Crippen LogP contribution in [0.3, 0.4) is 0 Å². The van der Waals surface area contributed by atoms with Crippen molar-refractivity contribution in [3.63, 3.8) is 0 Å². The molecule has 1 saturated heterocycles. The zero-order chi connectivity index (χ0) is 15.2. The summed E-state index contributed by atoms with van der Waals surface area (Å²) in [5, 5.41) is 12.1. The minimum atomic E-state index is -0.185. The minimum Gasteiger partial charge on any atom is -0.394 e. The van der Waals surface area contributed by atoms with Crippen molar-refractivity contribution in [2.24, 2.45) is 0 Å². The minimum absolute atomic E-state index is 0.00653. The van der Waals surface area contributed by atoms with Gasteiger partial charge in [0.25, 0.3) is 0 Å². The van der Waals surface area contributed by atoms with Crippen molar-refractivity contribution < 1.29 is 14.6 Å². The van der Waals surface area contributed by atoms with Crippen LogP contribution in [0, 0.1) is 0 Å². The quantitative estimate of drug-likeness (QED) is 0.835. The smallest absolute Gasteiger partial charge is 0.234 e. The second kappa shape index (κ2) is 7.89. The van der Waals surface area contributed by atoms with E-state index in [2.05, 4.69) is 21.2 Å². The van der Waals surface area contributed by atoms with Crippen molar-refractivity contribution in [2.45, 2.75) is 19.1 Å². The number of nitrogens with zero attached hydrogens (tertiary/aromatic N) is 1. The van der Waals surface area contributed by atoms with Gasteiger partial charge in [0, 0.05) is 17.6 Å². The van der Waals surface area contributed by atoms with Gasteiger partial charge in [-0.3, -0.25) is 9.69 Å². The van der Waals surface area contributed by atoms with E-state index in [1.165, 1.54) is 0 Å². The standard InChI is InChI=1S/C15H21BrN2O3/c1-11(12-2-4-13(16)5-3-12)17-15(20)9-18-6-7-21-14(8-18)10-19/h2-5,11,14,19H,6-10H2,1H3,(H,17,20). The van der Waals surface area contributed by atoms with Crippen LogP contribution in [0.1, 0.15) is 18.5 Å². The Labute approximate surface area is 133 Å². The number of morpholine rings is 1. The Morgan fingerprint density at radius 2 is 2.24 bits per heavy atom. The molecule has 1 aromatic rings. The number of ether oxygens (including phenoxy) is 1. The Morgan fingerprint density at radius 3 is 2.90 bits per heavy atom. The van der Waals surface area contributed by atoms with E-state index in [0.717, 1.165) is 16.6 Å². The molecule has 1 aromatic carbocycles. The van der Waals surface area contributed by atoms with Crippen LogP contribution in [0.2, 0.25) is 0 Å². The lowest BCUT2D eigenvalue weighted by molar-refractivity contribution is -0.125. The number of amides is 1. The molecule has 1 fully saturated rings. The molecule has 5 nitrogen and oxygen atoms in total. The molecule has 21 heavy (non-hydrogen) atoms. The molecule has 1 heterocycles. The Bertz CT molecular complexity index is 466. The van der Waals surface area contributed by atoms with Crippen LogP contribution < -0.4 is 5.32 Å².